The van der Waals surface area contributed by atoms with Crippen LogP contribution in [0.2, 0.25) is 0 Å². The van der Waals surface area contributed by atoms with E-state index in [2.05, 4.69) is 0 Å². The number of hydrogen-bond acceptors (Lipinski definition) is 2. The Hall–Kier alpha value is 0.210. The van der Waals surface area contributed by atoms with E-state index in [1.807, 2.05) is 6.92 Å². The molecule has 0 aromatic rings. The van der Waals surface area contributed by atoms with Crippen molar-refractivity contribution in [3.05, 3.63) is 0 Å². The second-order valence-corrected chi connectivity index (χ2v) is 3.01. The summed E-state index contributed by atoms with van der Waals surface area (Å²) in [5.41, 5.74) is 4.96. The third-order valence-corrected chi connectivity index (χ3v) is 1.79. The average Bonchev–Trinajstić information content (AvgIpc) is 1.60. The van der Waals surface area contributed by atoms with Crippen molar-refractivity contribution in [3.63, 3.8) is 0 Å². The second-order valence-electron chi connectivity index (χ2n) is 3.01. The Balaban J connectivity index is 0.000000640. The maximum Gasteiger partial charge on any atom is 0.0626 e. The molecule has 1 fully saturated rings. The third kappa shape index (κ3) is 2.12. The van der Waals surface area contributed by atoms with Crippen molar-refractivity contribution in [1.82, 2.24) is 0 Å². The van der Waals surface area contributed by atoms with Crippen LogP contribution in [0, 0.1) is 5.92 Å². The van der Waals surface area contributed by atoms with Gasteiger partial charge in [0.25, 0.3) is 0 Å². The Morgan fingerprint density at radius 2 is 2.11 bits per heavy atom. The van der Waals surface area contributed by atoms with Gasteiger partial charge in [-0.2, -0.15) is 0 Å². The molecule has 0 aliphatic heterocycles. The van der Waals surface area contributed by atoms with E-state index >= 15 is 0 Å². The van der Waals surface area contributed by atoms with Crippen LogP contribution in [0.3, 0.4) is 0 Å². The molecule has 1 aliphatic rings. The highest BCUT2D eigenvalue weighted by Gasteiger charge is 2.36. The number of nitrogens with two attached hydrogens (primary N) is 1. The lowest BCUT2D eigenvalue weighted by molar-refractivity contribution is -0.0536. The standard InChI is InChI=1S/C6H13NO.ClH/c1-6(8)2-5(3-6)4-7;/h5,8H,2-4,7H2,1H3;1H. The van der Waals surface area contributed by atoms with Gasteiger partial charge in [-0.3, -0.25) is 0 Å². The van der Waals surface area contributed by atoms with Crippen LogP contribution in [0.5, 0.6) is 0 Å². The molecule has 56 valence electrons. The lowest BCUT2D eigenvalue weighted by atomic mass is 9.72. The molecule has 3 N–H and O–H groups in total. The first-order valence-electron chi connectivity index (χ1n) is 3.06. The minimum absolute atomic E-state index is 0. The fraction of sp³-hybridized carbons (Fsp3) is 1.00. The molecule has 0 bridgehead atoms. The summed E-state index contributed by atoms with van der Waals surface area (Å²) in [6.07, 6.45) is 1.78. The van der Waals surface area contributed by atoms with E-state index in [0.717, 1.165) is 19.4 Å². The molecule has 1 aliphatic carbocycles. The van der Waals surface area contributed by atoms with Crippen molar-refractivity contribution in [1.29, 1.82) is 0 Å². The van der Waals surface area contributed by atoms with E-state index in [1.54, 1.807) is 0 Å². The Kier molecular flexibility index (Phi) is 2.93. The van der Waals surface area contributed by atoms with Gasteiger partial charge in [0.15, 0.2) is 0 Å². The highest BCUT2D eigenvalue weighted by molar-refractivity contribution is 5.85. The van der Waals surface area contributed by atoms with Crippen LogP contribution >= 0.6 is 12.4 Å². The summed E-state index contributed by atoms with van der Waals surface area (Å²) in [5, 5.41) is 9.16. The Morgan fingerprint density at radius 1 is 1.67 bits per heavy atom. The number of halogens is 1. The summed E-state index contributed by atoms with van der Waals surface area (Å²) in [5.74, 6) is 0.588. The van der Waals surface area contributed by atoms with Crippen LogP contribution in [0.25, 0.3) is 0 Å². The minimum atomic E-state index is -0.385. The molecule has 0 atom stereocenters. The summed E-state index contributed by atoms with van der Waals surface area (Å²) >= 11 is 0. The van der Waals surface area contributed by atoms with Crippen molar-refractivity contribution in [2.45, 2.75) is 25.4 Å². The molecule has 0 spiro atoms. The summed E-state index contributed by atoms with van der Waals surface area (Å²) in [4.78, 5) is 0. The highest BCUT2D eigenvalue weighted by Crippen LogP contribution is 2.35. The largest absolute Gasteiger partial charge is 0.390 e. The van der Waals surface area contributed by atoms with E-state index in [9.17, 15) is 0 Å². The summed E-state index contributed by atoms with van der Waals surface area (Å²) in [6, 6.07) is 0. The molecule has 1 rings (SSSR count). The zero-order valence-corrected chi connectivity index (χ0v) is 6.45. The number of hydrogen-bond donors (Lipinski definition) is 2. The first kappa shape index (κ1) is 9.21. The lowest BCUT2D eigenvalue weighted by Crippen LogP contribution is -2.43. The smallest absolute Gasteiger partial charge is 0.0626 e. The van der Waals surface area contributed by atoms with Crippen LogP contribution in [0.15, 0.2) is 0 Å². The van der Waals surface area contributed by atoms with Gasteiger partial charge in [-0.15, -0.1) is 12.4 Å². The average molecular weight is 152 g/mol. The number of rotatable bonds is 1. The fourth-order valence-corrected chi connectivity index (χ4v) is 1.35. The predicted molar refractivity (Wildman–Crippen MR) is 39.7 cm³/mol. The maximum absolute atomic E-state index is 9.16. The van der Waals surface area contributed by atoms with Crippen molar-refractivity contribution in [3.8, 4) is 0 Å². The van der Waals surface area contributed by atoms with Gasteiger partial charge in [-0.05, 0) is 32.2 Å². The van der Waals surface area contributed by atoms with E-state index in [0.29, 0.717) is 5.92 Å². The van der Waals surface area contributed by atoms with E-state index in [1.165, 1.54) is 0 Å². The molecule has 0 radical (unpaired) electrons. The molecule has 3 heteroatoms. The van der Waals surface area contributed by atoms with Crippen molar-refractivity contribution < 1.29 is 5.11 Å². The monoisotopic (exact) mass is 151 g/mol. The van der Waals surface area contributed by atoms with Gasteiger partial charge in [0.2, 0.25) is 0 Å². The summed E-state index contributed by atoms with van der Waals surface area (Å²) < 4.78 is 0. The van der Waals surface area contributed by atoms with Gasteiger partial charge in [0.05, 0.1) is 5.60 Å². The Bertz CT molecular complexity index is 87.1. The van der Waals surface area contributed by atoms with E-state index in [4.69, 9.17) is 10.8 Å². The first-order chi connectivity index (χ1) is 3.64. The topological polar surface area (TPSA) is 46.2 Å². The molecule has 0 aromatic carbocycles. The zero-order chi connectivity index (χ0) is 6.20. The van der Waals surface area contributed by atoms with E-state index in [-0.39, 0.29) is 18.0 Å². The van der Waals surface area contributed by atoms with Crippen molar-refractivity contribution in [2.75, 3.05) is 6.54 Å². The Labute approximate surface area is 61.8 Å². The normalized spacial score (nSPS) is 41.0. The first-order valence-corrected chi connectivity index (χ1v) is 3.06. The lowest BCUT2D eigenvalue weighted by Gasteiger charge is -2.40. The van der Waals surface area contributed by atoms with Gasteiger partial charge in [0, 0.05) is 0 Å². The van der Waals surface area contributed by atoms with Gasteiger partial charge in [-0.1, -0.05) is 0 Å². The minimum Gasteiger partial charge on any atom is -0.390 e. The van der Waals surface area contributed by atoms with Crippen LogP contribution in [0.4, 0.5) is 0 Å². The molecule has 0 aromatic heterocycles. The maximum atomic E-state index is 9.16. The molecule has 0 heterocycles. The fourth-order valence-electron chi connectivity index (χ4n) is 1.35. The van der Waals surface area contributed by atoms with Gasteiger partial charge < -0.3 is 10.8 Å². The van der Waals surface area contributed by atoms with Crippen LogP contribution in [-0.2, 0) is 0 Å². The highest BCUT2D eigenvalue weighted by atomic mass is 35.5. The van der Waals surface area contributed by atoms with Crippen LogP contribution in [0.1, 0.15) is 19.8 Å². The van der Waals surface area contributed by atoms with Crippen molar-refractivity contribution in [2.24, 2.45) is 11.7 Å². The third-order valence-electron chi connectivity index (χ3n) is 1.79. The van der Waals surface area contributed by atoms with Gasteiger partial charge >= 0.3 is 0 Å². The molecule has 2 nitrogen and oxygen atoms in total. The molecular weight excluding hydrogens is 138 g/mol. The zero-order valence-electron chi connectivity index (χ0n) is 5.63. The molecular formula is C6H14ClNO. The predicted octanol–water partition coefficient (Wildman–Crippen LogP) is 0.528. The van der Waals surface area contributed by atoms with Crippen molar-refractivity contribution >= 4 is 12.4 Å². The summed E-state index contributed by atoms with van der Waals surface area (Å²) in [6.45, 7) is 2.59. The molecule has 0 saturated heterocycles. The second kappa shape index (κ2) is 2.86. The SMILES string of the molecule is CC1(O)CC(CN)C1.Cl. The molecule has 9 heavy (non-hydrogen) atoms. The quantitative estimate of drug-likeness (QED) is 0.575. The van der Waals surface area contributed by atoms with E-state index < -0.39 is 0 Å². The van der Waals surface area contributed by atoms with Crippen LogP contribution < -0.4 is 5.73 Å². The number of aliphatic hydroxyl groups is 1. The Morgan fingerprint density at radius 3 is 2.22 bits per heavy atom. The summed E-state index contributed by atoms with van der Waals surface area (Å²) in [7, 11) is 0. The molecule has 0 unspecified atom stereocenters. The molecule has 0 amide bonds. The van der Waals surface area contributed by atoms with Crippen LogP contribution in [-0.4, -0.2) is 17.3 Å². The molecule has 1 saturated carbocycles. The van der Waals surface area contributed by atoms with Gasteiger partial charge in [0.1, 0.15) is 0 Å². The van der Waals surface area contributed by atoms with Gasteiger partial charge in [-0.25, -0.2) is 0 Å².